The highest BCUT2D eigenvalue weighted by Crippen LogP contribution is 2.33. The van der Waals surface area contributed by atoms with Crippen LogP contribution in [0.25, 0.3) is 11.0 Å². The van der Waals surface area contributed by atoms with E-state index in [1.807, 2.05) is 35.3 Å². The first kappa shape index (κ1) is 17.1. The van der Waals surface area contributed by atoms with Gasteiger partial charge in [0.15, 0.2) is 10.8 Å². The molecular formula is C20H18N4S2. The molecule has 2 aromatic carbocycles. The first-order chi connectivity index (χ1) is 12.7. The van der Waals surface area contributed by atoms with Crippen molar-refractivity contribution in [2.24, 2.45) is 0 Å². The van der Waals surface area contributed by atoms with Gasteiger partial charge in [-0.25, -0.2) is 14.6 Å². The minimum absolute atomic E-state index is 0.698. The molecule has 0 N–H and O–H groups in total. The predicted octanol–water partition coefficient (Wildman–Crippen LogP) is 5.06. The number of thioether (sulfide) groups is 1. The highest BCUT2D eigenvalue weighted by molar-refractivity contribution is 7.99. The van der Waals surface area contributed by atoms with Crippen molar-refractivity contribution in [1.82, 2.24) is 19.7 Å². The lowest BCUT2D eigenvalue weighted by Gasteiger charge is -2.07. The summed E-state index contributed by atoms with van der Waals surface area (Å²) >= 11 is 3.21. The van der Waals surface area contributed by atoms with Gasteiger partial charge in [-0.2, -0.15) is 5.10 Å². The number of nitrogens with zero attached hydrogens (tertiary/aromatic N) is 4. The molecule has 0 aliphatic heterocycles. The molecule has 0 fully saturated rings. The van der Waals surface area contributed by atoms with E-state index in [1.54, 1.807) is 23.5 Å². The summed E-state index contributed by atoms with van der Waals surface area (Å²) in [6.07, 6.45) is 3.87. The van der Waals surface area contributed by atoms with Crippen LogP contribution in [0, 0.1) is 6.92 Å². The van der Waals surface area contributed by atoms with E-state index in [0.717, 1.165) is 21.2 Å². The van der Waals surface area contributed by atoms with Crippen LogP contribution in [-0.2, 0) is 6.54 Å². The third-order valence-electron chi connectivity index (χ3n) is 4.03. The molecule has 0 aliphatic carbocycles. The highest BCUT2D eigenvalue weighted by atomic mass is 32.2. The fourth-order valence-corrected chi connectivity index (χ4v) is 3.97. The van der Waals surface area contributed by atoms with Gasteiger partial charge in [0.1, 0.15) is 5.03 Å². The van der Waals surface area contributed by atoms with Crippen LogP contribution in [0.5, 0.6) is 0 Å². The molecule has 0 amide bonds. The zero-order valence-corrected chi connectivity index (χ0v) is 16.2. The topological polar surface area (TPSA) is 43.6 Å². The van der Waals surface area contributed by atoms with Crippen LogP contribution in [0.3, 0.4) is 0 Å². The summed E-state index contributed by atoms with van der Waals surface area (Å²) in [5, 5.41) is 7.28. The Balaban J connectivity index is 1.74. The zero-order chi connectivity index (χ0) is 17.9. The number of rotatable bonds is 5. The lowest BCUT2D eigenvalue weighted by molar-refractivity contribution is 0.698. The zero-order valence-electron chi connectivity index (χ0n) is 14.6. The summed E-state index contributed by atoms with van der Waals surface area (Å²) < 4.78 is 1.95. The van der Waals surface area contributed by atoms with Gasteiger partial charge in [0.25, 0.3) is 0 Å². The third-order valence-corrected chi connectivity index (χ3v) is 5.59. The van der Waals surface area contributed by atoms with Gasteiger partial charge in [-0.05, 0) is 30.9 Å². The van der Waals surface area contributed by atoms with Crippen LogP contribution in [0.15, 0.2) is 75.9 Å². The van der Waals surface area contributed by atoms with Gasteiger partial charge in [0.05, 0.1) is 18.1 Å². The van der Waals surface area contributed by atoms with E-state index >= 15 is 0 Å². The fourth-order valence-electron chi connectivity index (χ4n) is 2.67. The molecule has 2 aromatic heterocycles. The molecule has 130 valence electrons. The Labute approximate surface area is 161 Å². The van der Waals surface area contributed by atoms with Crippen LogP contribution in [0.4, 0.5) is 0 Å². The van der Waals surface area contributed by atoms with Crippen molar-refractivity contribution in [3.63, 3.8) is 0 Å². The predicted molar refractivity (Wildman–Crippen MR) is 108 cm³/mol. The standard InChI is InChI=1S/C20H18N4S2/c1-14-8-10-16(11-9-14)26-19-17-12-21-24(13-15-6-4-3-5-7-15)18(17)22-20(23-19)25-2/h3-12H,13H2,1-2H3. The number of benzene rings is 2. The second-order valence-corrected chi connectivity index (χ2v) is 7.79. The fraction of sp³-hybridized carbons (Fsp3) is 0.150. The van der Waals surface area contributed by atoms with E-state index in [0.29, 0.717) is 6.54 Å². The first-order valence-corrected chi connectivity index (χ1v) is 10.3. The third kappa shape index (κ3) is 3.61. The van der Waals surface area contributed by atoms with Gasteiger partial charge in [0.2, 0.25) is 0 Å². The highest BCUT2D eigenvalue weighted by Gasteiger charge is 2.14. The molecule has 0 bridgehead atoms. The number of aromatic nitrogens is 4. The van der Waals surface area contributed by atoms with Crippen LogP contribution < -0.4 is 0 Å². The molecule has 0 saturated carbocycles. The smallest absolute Gasteiger partial charge is 0.190 e. The molecule has 2 heterocycles. The maximum Gasteiger partial charge on any atom is 0.190 e. The van der Waals surface area contributed by atoms with Gasteiger partial charge in [-0.3, -0.25) is 0 Å². The second-order valence-electron chi connectivity index (χ2n) is 5.96. The Morgan fingerprint density at radius 3 is 2.46 bits per heavy atom. The van der Waals surface area contributed by atoms with Crippen molar-refractivity contribution >= 4 is 34.6 Å². The minimum atomic E-state index is 0.698. The molecule has 26 heavy (non-hydrogen) atoms. The van der Waals surface area contributed by atoms with Gasteiger partial charge < -0.3 is 0 Å². The Morgan fingerprint density at radius 2 is 1.73 bits per heavy atom. The Morgan fingerprint density at radius 1 is 0.962 bits per heavy atom. The molecule has 4 aromatic rings. The van der Waals surface area contributed by atoms with Crippen LogP contribution in [0.2, 0.25) is 0 Å². The average Bonchev–Trinajstić information content (AvgIpc) is 3.07. The van der Waals surface area contributed by atoms with Crippen molar-refractivity contribution in [3.8, 4) is 0 Å². The van der Waals surface area contributed by atoms with Crippen LogP contribution in [-0.4, -0.2) is 26.0 Å². The largest absolute Gasteiger partial charge is 0.243 e. The molecule has 4 rings (SSSR count). The molecule has 0 radical (unpaired) electrons. The summed E-state index contributed by atoms with van der Waals surface area (Å²) in [6.45, 7) is 2.79. The van der Waals surface area contributed by atoms with Crippen LogP contribution >= 0.6 is 23.5 Å². The quantitative estimate of drug-likeness (QED) is 0.276. The Kier molecular flexibility index (Phi) is 4.95. The van der Waals surface area contributed by atoms with E-state index in [4.69, 9.17) is 9.97 Å². The summed E-state index contributed by atoms with van der Waals surface area (Å²) in [5.74, 6) is 0. The van der Waals surface area contributed by atoms with Crippen molar-refractivity contribution < 1.29 is 0 Å². The molecule has 0 spiro atoms. The summed E-state index contributed by atoms with van der Waals surface area (Å²) in [7, 11) is 0. The van der Waals surface area contributed by atoms with E-state index in [-0.39, 0.29) is 0 Å². The number of hydrogen-bond acceptors (Lipinski definition) is 5. The van der Waals surface area contributed by atoms with Gasteiger partial charge >= 0.3 is 0 Å². The number of fused-ring (bicyclic) bond motifs is 1. The van der Waals surface area contributed by atoms with Crippen molar-refractivity contribution in [3.05, 3.63) is 71.9 Å². The van der Waals surface area contributed by atoms with Crippen LogP contribution in [0.1, 0.15) is 11.1 Å². The lowest BCUT2D eigenvalue weighted by atomic mass is 10.2. The average molecular weight is 379 g/mol. The molecule has 0 unspecified atom stereocenters. The van der Waals surface area contributed by atoms with Crippen molar-refractivity contribution in [1.29, 1.82) is 0 Å². The number of hydrogen-bond donors (Lipinski definition) is 0. The minimum Gasteiger partial charge on any atom is -0.243 e. The second kappa shape index (κ2) is 7.51. The molecule has 6 heteroatoms. The molecule has 0 saturated heterocycles. The van der Waals surface area contributed by atoms with E-state index in [1.165, 1.54) is 16.0 Å². The number of aryl methyl sites for hydroxylation is 1. The summed E-state index contributed by atoms with van der Waals surface area (Å²) in [5.41, 5.74) is 3.33. The summed E-state index contributed by atoms with van der Waals surface area (Å²) in [4.78, 5) is 10.6. The SMILES string of the molecule is CSc1nc(Sc2ccc(C)cc2)c2cnn(Cc3ccccc3)c2n1. The Hall–Kier alpha value is -2.31. The van der Waals surface area contributed by atoms with E-state index in [9.17, 15) is 0 Å². The molecular weight excluding hydrogens is 360 g/mol. The maximum atomic E-state index is 4.72. The normalized spacial score (nSPS) is 11.2. The molecule has 4 nitrogen and oxygen atoms in total. The Bertz CT molecular complexity index is 1030. The summed E-state index contributed by atoms with van der Waals surface area (Å²) in [6, 6.07) is 18.8. The first-order valence-electron chi connectivity index (χ1n) is 8.29. The van der Waals surface area contributed by atoms with Crippen molar-refractivity contribution in [2.45, 2.75) is 28.5 Å². The van der Waals surface area contributed by atoms with Gasteiger partial charge in [-0.1, -0.05) is 71.6 Å². The van der Waals surface area contributed by atoms with E-state index < -0.39 is 0 Å². The van der Waals surface area contributed by atoms with Gasteiger partial charge in [-0.15, -0.1) is 0 Å². The maximum absolute atomic E-state index is 4.72. The van der Waals surface area contributed by atoms with E-state index in [2.05, 4.69) is 48.4 Å². The molecule has 0 aliphatic rings. The lowest BCUT2D eigenvalue weighted by Crippen LogP contribution is -2.03. The molecule has 0 atom stereocenters. The monoisotopic (exact) mass is 378 g/mol. The van der Waals surface area contributed by atoms with Gasteiger partial charge in [0, 0.05) is 4.90 Å². The van der Waals surface area contributed by atoms with Crippen molar-refractivity contribution in [2.75, 3.05) is 6.26 Å².